The van der Waals surface area contributed by atoms with E-state index >= 15 is 0 Å². The lowest BCUT2D eigenvalue weighted by molar-refractivity contribution is 0.414. The van der Waals surface area contributed by atoms with Crippen LogP contribution in [-0.2, 0) is 0 Å². The highest BCUT2D eigenvalue weighted by molar-refractivity contribution is 9.10. The maximum absolute atomic E-state index is 14.1. The first-order valence-electron chi connectivity index (χ1n) is 6.33. The fourth-order valence-electron chi connectivity index (χ4n) is 2.31. The van der Waals surface area contributed by atoms with Gasteiger partial charge in [-0.2, -0.15) is 0 Å². The molecule has 0 fully saturated rings. The van der Waals surface area contributed by atoms with Crippen LogP contribution in [0.15, 0.2) is 40.9 Å². The molecule has 2 nitrogen and oxygen atoms in total. The van der Waals surface area contributed by atoms with Crippen LogP contribution in [-0.4, -0.2) is 14.2 Å². The Balaban J connectivity index is 2.49. The molecule has 0 saturated heterocycles. The molecule has 0 aliphatic rings. The molecule has 0 saturated carbocycles. The van der Waals surface area contributed by atoms with Gasteiger partial charge in [-0.15, -0.1) is 0 Å². The molecular formula is C16H17BrFNO. The van der Waals surface area contributed by atoms with Gasteiger partial charge in [0.1, 0.15) is 11.6 Å². The number of nitrogens with one attached hydrogen (secondary N) is 1. The molecule has 0 heterocycles. The molecule has 20 heavy (non-hydrogen) atoms. The van der Waals surface area contributed by atoms with E-state index in [1.165, 1.54) is 6.07 Å². The van der Waals surface area contributed by atoms with Crippen molar-refractivity contribution in [1.29, 1.82) is 0 Å². The lowest BCUT2D eigenvalue weighted by atomic mass is 9.94. The third-order valence-corrected chi connectivity index (χ3v) is 3.84. The quantitative estimate of drug-likeness (QED) is 0.902. The van der Waals surface area contributed by atoms with Gasteiger partial charge < -0.3 is 10.1 Å². The van der Waals surface area contributed by atoms with E-state index in [-0.39, 0.29) is 11.9 Å². The molecule has 0 aliphatic heterocycles. The van der Waals surface area contributed by atoms with Crippen molar-refractivity contribution in [1.82, 2.24) is 5.32 Å². The van der Waals surface area contributed by atoms with Gasteiger partial charge >= 0.3 is 0 Å². The van der Waals surface area contributed by atoms with Crippen LogP contribution in [0.5, 0.6) is 5.75 Å². The van der Waals surface area contributed by atoms with Crippen LogP contribution in [0, 0.1) is 12.7 Å². The van der Waals surface area contributed by atoms with Crippen molar-refractivity contribution >= 4 is 15.9 Å². The summed E-state index contributed by atoms with van der Waals surface area (Å²) in [5, 5.41) is 3.18. The normalized spacial score (nSPS) is 12.2. The average Bonchev–Trinajstić information content (AvgIpc) is 2.44. The van der Waals surface area contributed by atoms with E-state index in [2.05, 4.69) is 21.2 Å². The van der Waals surface area contributed by atoms with Crippen LogP contribution in [0.1, 0.15) is 22.7 Å². The SMILES string of the molecule is CNC(c1ccc(OC)cc1C)c1cc(Br)ccc1F. The fourth-order valence-corrected chi connectivity index (χ4v) is 2.69. The summed E-state index contributed by atoms with van der Waals surface area (Å²) in [6.45, 7) is 2.00. The Bertz CT molecular complexity index is 615. The average molecular weight is 338 g/mol. The van der Waals surface area contributed by atoms with Gasteiger partial charge in [-0.05, 0) is 55.4 Å². The summed E-state index contributed by atoms with van der Waals surface area (Å²) in [4.78, 5) is 0. The summed E-state index contributed by atoms with van der Waals surface area (Å²) in [6.07, 6.45) is 0. The topological polar surface area (TPSA) is 21.3 Å². The number of aryl methyl sites for hydroxylation is 1. The Morgan fingerprint density at radius 3 is 2.50 bits per heavy atom. The largest absolute Gasteiger partial charge is 0.497 e. The molecule has 0 amide bonds. The maximum Gasteiger partial charge on any atom is 0.128 e. The zero-order chi connectivity index (χ0) is 14.7. The van der Waals surface area contributed by atoms with Gasteiger partial charge in [0, 0.05) is 10.0 Å². The molecule has 4 heteroatoms. The highest BCUT2D eigenvalue weighted by atomic mass is 79.9. The van der Waals surface area contributed by atoms with Crippen molar-refractivity contribution in [3.8, 4) is 5.75 Å². The van der Waals surface area contributed by atoms with Crippen molar-refractivity contribution in [2.45, 2.75) is 13.0 Å². The summed E-state index contributed by atoms with van der Waals surface area (Å²) >= 11 is 3.39. The van der Waals surface area contributed by atoms with Crippen LogP contribution >= 0.6 is 15.9 Å². The van der Waals surface area contributed by atoms with Crippen LogP contribution in [0.2, 0.25) is 0 Å². The van der Waals surface area contributed by atoms with Crippen molar-refractivity contribution in [2.75, 3.05) is 14.2 Å². The molecule has 2 aromatic rings. The predicted octanol–water partition coefficient (Wildman–Crippen LogP) is 4.21. The standard InChI is InChI=1S/C16H17BrFNO/c1-10-8-12(20-3)5-6-13(10)16(19-2)14-9-11(17)4-7-15(14)18/h4-9,16,19H,1-3H3. The molecular weight excluding hydrogens is 321 g/mol. The zero-order valence-electron chi connectivity index (χ0n) is 11.7. The van der Waals surface area contributed by atoms with Crippen molar-refractivity contribution in [3.63, 3.8) is 0 Å². The van der Waals surface area contributed by atoms with Crippen molar-refractivity contribution < 1.29 is 9.13 Å². The van der Waals surface area contributed by atoms with Gasteiger partial charge in [0.05, 0.1) is 13.2 Å². The predicted molar refractivity (Wildman–Crippen MR) is 82.7 cm³/mol. The second kappa shape index (κ2) is 6.37. The lowest BCUT2D eigenvalue weighted by Crippen LogP contribution is -2.20. The number of methoxy groups -OCH3 is 1. The lowest BCUT2D eigenvalue weighted by Gasteiger charge is -2.20. The van der Waals surface area contributed by atoms with Crippen LogP contribution in [0.3, 0.4) is 0 Å². The number of hydrogen-bond acceptors (Lipinski definition) is 2. The van der Waals surface area contributed by atoms with E-state index < -0.39 is 0 Å². The van der Waals surface area contributed by atoms with E-state index in [4.69, 9.17) is 4.74 Å². The molecule has 106 valence electrons. The molecule has 0 radical (unpaired) electrons. The summed E-state index contributed by atoms with van der Waals surface area (Å²) in [7, 11) is 3.46. The van der Waals surface area contributed by atoms with E-state index in [0.29, 0.717) is 5.56 Å². The first kappa shape index (κ1) is 15.0. The second-order valence-electron chi connectivity index (χ2n) is 4.61. The first-order chi connectivity index (χ1) is 9.56. The first-order valence-corrected chi connectivity index (χ1v) is 7.13. The number of halogens is 2. The monoisotopic (exact) mass is 337 g/mol. The van der Waals surface area contributed by atoms with Crippen LogP contribution in [0.25, 0.3) is 0 Å². The third kappa shape index (κ3) is 3.02. The van der Waals surface area contributed by atoms with Gasteiger partial charge in [-0.25, -0.2) is 4.39 Å². The fraction of sp³-hybridized carbons (Fsp3) is 0.250. The van der Waals surface area contributed by atoms with Gasteiger partial charge in [-0.3, -0.25) is 0 Å². The summed E-state index contributed by atoms with van der Waals surface area (Å²) in [5.74, 6) is 0.582. The van der Waals surface area contributed by atoms with Crippen molar-refractivity contribution in [2.24, 2.45) is 0 Å². The van der Waals surface area contributed by atoms with Crippen LogP contribution in [0.4, 0.5) is 4.39 Å². The van der Waals surface area contributed by atoms with E-state index in [9.17, 15) is 4.39 Å². The molecule has 1 atom stereocenters. The second-order valence-corrected chi connectivity index (χ2v) is 5.53. The third-order valence-electron chi connectivity index (χ3n) is 3.35. The van der Waals surface area contributed by atoms with Gasteiger partial charge in [0.15, 0.2) is 0 Å². The summed E-state index contributed by atoms with van der Waals surface area (Å²) in [5.41, 5.74) is 2.71. The Morgan fingerprint density at radius 1 is 1.15 bits per heavy atom. The molecule has 2 aromatic carbocycles. The molecule has 1 unspecified atom stereocenters. The smallest absolute Gasteiger partial charge is 0.128 e. The Labute approximate surface area is 127 Å². The summed E-state index contributed by atoms with van der Waals surface area (Å²) in [6, 6.07) is 10.6. The minimum atomic E-state index is -0.220. The van der Waals surface area contributed by atoms with E-state index in [0.717, 1.165) is 21.3 Å². The summed E-state index contributed by atoms with van der Waals surface area (Å²) < 4.78 is 20.2. The van der Waals surface area contributed by atoms with E-state index in [1.54, 1.807) is 19.2 Å². The molecule has 0 aromatic heterocycles. The maximum atomic E-state index is 14.1. The zero-order valence-corrected chi connectivity index (χ0v) is 13.3. The van der Waals surface area contributed by atoms with Gasteiger partial charge in [-0.1, -0.05) is 22.0 Å². The van der Waals surface area contributed by atoms with Crippen LogP contribution < -0.4 is 10.1 Å². The molecule has 2 rings (SSSR count). The number of rotatable bonds is 4. The van der Waals surface area contributed by atoms with Crippen molar-refractivity contribution in [3.05, 3.63) is 63.4 Å². The highest BCUT2D eigenvalue weighted by Crippen LogP contribution is 2.30. The van der Waals surface area contributed by atoms with Gasteiger partial charge in [0.25, 0.3) is 0 Å². The Hall–Kier alpha value is -1.39. The van der Waals surface area contributed by atoms with Gasteiger partial charge in [0.2, 0.25) is 0 Å². The highest BCUT2D eigenvalue weighted by Gasteiger charge is 2.18. The Kier molecular flexibility index (Phi) is 4.78. The minimum absolute atomic E-state index is 0.196. The molecule has 0 aliphatic carbocycles. The number of benzene rings is 2. The Morgan fingerprint density at radius 2 is 1.90 bits per heavy atom. The van der Waals surface area contributed by atoms with E-state index in [1.807, 2.05) is 32.2 Å². The number of ether oxygens (including phenoxy) is 1. The molecule has 1 N–H and O–H groups in total. The number of hydrogen-bond donors (Lipinski definition) is 1. The molecule has 0 bridgehead atoms. The molecule has 0 spiro atoms. The minimum Gasteiger partial charge on any atom is -0.497 e.